The van der Waals surface area contributed by atoms with Crippen LogP contribution in [0.15, 0.2) is 42.6 Å². The van der Waals surface area contributed by atoms with Gasteiger partial charge in [-0.2, -0.15) is 0 Å². The largest absolute Gasteiger partial charge is 0.481 e. The maximum Gasteiger partial charge on any atom is 0.303 e. The molecule has 0 spiro atoms. The Morgan fingerprint density at radius 2 is 2.16 bits per heavy atom. The molecule has 2 aromatic rings. The average Bonchev–Trinajstić information content (AvgIpc) is 2.39. The number of carboxylic acid groups (broad SMARTS) is 1. The summed E-state index contributed by atoms with van der Waals surface area (Å²) in [6, 6.07) is 11.2. The van der Waals surface area contributed by atoms with Crippen molar-refractivity contribution >= 4 is 17.6 Å². The summed E-state index contributed by atoms with van der Waals surface area (Å²) in [5, 5.41) is 9.46. The first kappa shape index (κ1) is 13.6. The van der Waals surface area contributed by atoms with E-state index in [0.29, 0.717) is 5.02 Å². The predicted molar refractivity (Wildman–Crippen MR) is 75.4 cm³/mol. The van der Waals surface area contributed by atoms with E-state index < -0.39 is 5.97 Å². The molecule has 0 aliphatic rings. The van der Waals surface area contributed by atoms with Crippen molar-refractivity contribution in [2.45, 2.75) is 19.3 Å². The number of nitrogens with zero attached hydrogens (tertiary/aromatic N) is 1. The Morgan fingerprint density at radius 3 is 2.79 bits per heavy atom. The second-order valence-electron chi connectivity index (χ2n) is 4.45. The summed E-state index contributed by atoms with van der Waals surface area (Å²) in [4.78, 5) is 15.0. The van der Waals surface area contributed by atoms with Crippen LogP contribution in [0.25, 0.3) is 11.3 Å². The van der Waals surface area contributed by atoms with Gasteiger partial charge in [0.2, 0.25) is 0 Å². The third kappa shape index (κ3) is 3.32. The minimum Gasteiger partial charge on any atom is -0.481 e. The number of aliphatic carboxylic acids is 1. The number of aromatic nitrogens is 1. The van der Waals surface area contributed by atoms with Crippen molar-refractivity contribution in [3.05, 3.63) is 53.2 Å². The molecule has 19 heavy (non-hydrogen) atoms. The highest BCUT2D eigenvalue weighted by Gasteiger charge is 2.13. The maximum absolute atomic E-state index is 10.8. The van der Waals surface area contributed by atoms with Crippen molar-refractivity contribution in [3.8, 4) is 11.3 Å². The van der Waals surface area contributed by atoms with E-state index in [9.17, 15) is 4.79 Å². The zero-order valence-electron chi connectivity index (χ0n) is 10.5. The fourth-order valence-corrected chi connectivity index (χ4v) is 2.16. The zero-order valence-corrected chi connectivity index (χ0v) is 11.3. The van der Waals surface area contributed by atoms with Gasteiger partial charge in [0.1, 0.15) is 0 Å². The topological polar surface area (TPSA) is 50.2 Å². The Hall–Kier alpha value is -1.87. The van der Waals surface area contributed by atoms with Gasteiger partial charge in [0.25, 0.3) is 0 Å². The molecule has 98 valence electrons. The van der Waals surface area contributed by atoms with Gasteiger partial charge >= 0.3 is 5.97 Å². The molecule has 4 heteroatoms. The van der Waals surface area contributed by atoms with Gasteiger partial charge < -0.3 is 5.11 Å². The van der Waals surface area contributed by atoms with Crippen LogP contribution >= 0.6 is 11.6 Å². The Bertz CT molecular complexity index is 584. The van der Waals surface area contributed by atoms with Crippen molar-refractivity contribution < 1.29 is 9.90 Å². The van der Waals surface area contributed by atoms with Gasteiger partial charge in [0, 0.05) is 16.8 Å². The van der Waals surface area contributed by atoms with Crippen LogP contribution in [0, 0.1) is 0 Å². The van der Waals surface area contributed by atoms with Gasteiger partial charge in [-0.3, -0.25) is 9.78 Å². The van der Waals surface area contributed by atoms with Gasteiger partial charge in [-0.15, -0.1) is 0 Å². The molecule has 1 unspecified atom stereocenters. The van der Waals surface area contributed by atoms with Gasteiger partial charge in [0.15, 0.2) is 0 Å². The van der Waals surface area contributed by atoms with Crippen LogP contribution in [-0.4, -0.2) is 16.1 Å². The van der Waals surface area contributed by atoms with Crippen molar-refractivity contribution in [1.82, 2.24) is 4.98 Å². The monoisotopic (exact) mass is 275 g/mol. The van der Waals surface area contributed by atoms with E-state index in [-0.39, 0.29) is 12.3 Å². The molecule has 0 saturated heterocycles. The smallest absolute Gasteiger partial charge is 0.303 e. The van der Waals surface area contributed by atoms with Crippen LogP contribution < -0.4 is 0 Å². The lowest BCUT2D eigenvalue weighted by Gasteiger charge is -2.12. The van der Waals surface area contributed by atoms with Crippen LogP contribution in [0.5, 0.6) is 0 Å². The molecule has 0 saturated carbocycles. The zero-order chi connectivity index (χ0) is 13.8. The molecule has 1 aromatic carbocycles. The van der Waals surface area contributed by atoms with Gasteiger partial charge in [-0.1, -0.05) is 30.7 Å². The van der Waals surface area contributed by atoms with Crippen LogP contribution in [-0.2, 0) is 4.79 Å². The number of benzene rings is 1. The summed E-state index contributed by atoms with van der Waals surface area (Å²) >= 11 is 6.18. The van der Waals surface area contributed by atoms with E-state index in [1.54, 1.807) is 12.3 Å². The van der Waals surface area contributed by atoms with Crippen LogP contribution in [0.3, 0.4) is 0 Å². The number of hydrogen-bond donors (Lipinski definition) is 1. The molecule has 1 N–H and O–H groups in total. The second-order valence-corrected chi connectivity index (χ2v) is 4.86. The summed E-state index contributed by atoms with van der Waals surface area (Å²) in [7, 11) is 0. The number of pyridine rings is 1. The number of rotatable bonds is 4. The molecule has 3 nitrogen and oxygen atoms in total. The minimum atomic E-state index is -0.804. The third-order valence-corrected chi connectivity index (χ3v) is 3.31. The molecule has 0 fully saturated rings. The molecule has 0 aliphatic heterocycles. The molecule has 0 amide bonds. The molecule has 1 aromatic heterocycles. The van der Waals surface area contributed by atoms with Crippen LogP contribution in [0.4, 0.5) is 0 Å². The first-order valence-electron chi connectivity index (χ1n) is 6.00. The highest BCUT2D eigenvalue weighted by Crippen LogP contribution is 2.30. The van der Waals surface area contributed by atoms with Crippen molar-refractivity contribution in [2.75, 3.05) is 0 Å². The van der Waals surface area contributed by atoms with Gasteiger partial charge in [-0.05, 0) is 35.7 Å². The summed E-state index contributed by atoms with van der Waals surface area (Å²) < 4.78 is 0. The van der Waals surface area contributed by atoms with Crippen molar-refractivity contribution in [3.63, 3.8) is 0 Å². The first-order valence-corrected chi connectivity index (χ1v) is 6.38. The fraction of sp³-hybridized carbons (Fsp3) is 0.200. The van der Waals surface area contributed by atoms with Crippen molar-refractivity contribution in [1.29, 1.82) is 0 Å². The van der Waals surface area contributed by atoms with E-state index in [0.717, 1.165) is 16.8 Å². The lowest BCUT2D eigenvalue weighted by atomic mass is 9.95. The number of carboxylic acids is 1. The average molecular weight is 276 g/mol. The van der Waals surface area contributed by atoms with Crippen LogP contribution in [0.2, 0.25) is 5.02 Å². The maximum atomic E-state index is 10.8. The Morgan fingerprint density at radius 1 is 1.37 bits per heavy atom. The fourth-order valence-electron chi connectivity index (χ4n) is 1.95. The molecule has 0 bridgehead atoms. The van der Waals surface area contributed by atoms with E-state index in [1.807, 2.05) is 37.3 Å². The van der Waals surface area contributed by atoms with E-state index >= 15 is 0 Å². The highest BCUT2D eigenvalue weighted by atomic mass is 35.5. The normalized spacial score (nSPS) is 12.1. The molecule has 2 rings (SSSR count). The van der Waals surface area contributed by atoms with Crippen LogP contribution in [0.1, 0.15) is 24.8 Å². The highest BCUT2D eigenvalue weighted by molar-refractivity contribution is 6.33. The quantitative estimate of drug-likeness (QED) is 0.918. The summed E-state index contributed by atoms with van der Waals surface area (Å²) in [6.45, 7) is 1.89. The minimum absolute atomic E-state index is 0.0581. The Kier molecular flexibility index (Phi) is 4.17. The first-order chi connectivity index (χ1) is 9.08. The summed E-state index contributed by atoms with van der Waals surface area (Å²) in [5.41, 5.74) is 2.57. The van der Waals surface area contributed by atoms with E-state index in [1.165, 1.54) is 0 Å². The SMILES string of the molecule is CC(CC(=O)O)c1ccc(Cl)c(-c2ccccn2)c1. The third-order valence-electron chi connectivity index (χ3n) is 2.98. The summed E-state index contributed by atoms with van der Waals surface area (Å²) in [5.74, 6) is -0.862. The molecular formula is C15H14ClNO2. The van der Waals surface area contributed by atoms with E-state index in [4.69, 9.17) is 16.7 Å². The molecule has 0 aliphatic carbocycles. The molecule has 0 radical (unpaired) electrons. The summed E-state index contributed by atoms with van der Waals surface area (Å²) in [6.07, 6.45) is 1.81. The standard InChI is InChI=1S/C15H14ClNO2/c1-10(8-15(18)19)11-5-6-13(16)12(9-11)14-4-2-3-7-17-14/h2-7,9-10H,8H2,1H3,(H,18,19). The number of halogens is 1. The molecular weight excluding hydrogens is 262 g/mol. The Balaban J connectivity index is 2.38. The number of hydrogen-bond acceptors (Lipinski definition) is 2. The van der Waals surface area contributed by atoms with E-state index in [2.05, 4.69) is 4.98 Å². The predicted octanol–water partition coefficient (Wildman–Crippen LogP) is 3.98. The molecule has 1 heterocycles. The number of carbonyl (C=O) groups is 1. The van der Waals surface area contributed by atoms with Crippen molar-refractivity contribution in [2.24, 2.45) is 0 Å². The van der Waals surface area contributed by atoms with Gasteiger partial charge in [-0.25, -0.2) is 0 Å². The lowest BCUT2D eigenvalue weighted by molar-refractivity contribution is -0.137. The van der Waals surface area contributed by atoms with Gasteiger partial charge in [0.05, 0.1) is 12.1 Å². The second kappa shape index (κ2) is 5.85. The Labute approximate surface area is 116 Å². The molecule has 1 atom stereocenters. The lowest BCUT2D eigenvalue weighted by Crippen LogP contribution is -2.03.